The molecule has 0 spiro atoms. The van der Waals surface area contributed by atoms with Gasteiger partial charge in [-0.25, -0.2) is 0 Å². The molecule has 4 nitrogen and oxygen atoms in total. The third-order valence-corrected chi connectivity index (χ3v) is 2.98. The van der Waals surface area contributed by atoms with Gasteiger partial charge in [-0.3, -0.25) is 9.59 Å². The number of aliphatic carboxylic acids is 1. The van der Waals surface area contributed by atoms with Gasteiger partial charge in [-0.05, 0) is 12.1 Å². The van der Waals surface area contributed by atoms with Crippen molar-refractivity contribution in [2.24, 2.45) is 0 Å². The van der Waals surface area contributed by atoms with Crippen molar-refractivity contribution in [3.05, 3.63) is 29.8 Å². The lowest BCUT2D eigenvalue weighted by Gasteiger charge is -2.10. The number of carboxylic acid groups (broad SMARTS) is 1. The van der Waals surface area contributed by atoms with Crippen molar-refractivity contribution in [1.29, 1.82) is 0 Å². The van der Waals surface area contributed by atoms with Crippen LogP contribution in [-0.2, 0) is 4.79 Å². The van der Waals surface area contributed by atoms with Crippen molar-refractivity contribution in [1.82, 2.24) is 5.32 Å². The van der Waals surface area contributed by atoms with E-state index in [0.29, 0.717) is 10.8 Å². The second-order valence-electron chi connectivity index (χ2n) is 3.74. The number of benzene rings is 1. The summed E-state index contributed by atoms with van der Waals surface area (Å²) in [6, 6.07) is 7.18. The molecule has 0 saturated carbocycles. The van der Waals surface area contributed by atoms with Gasteiger partial charge in [-0.2, -0.15) is 0 Å². The summed E-state index contributed by atoms with van der Waals surface area (Å²) in [6.07, 6.45) is 0. The topological polar surface area (TPSA) is 66.4 Å². The number of hydrogen-bond acceptors (Lipinski definition) is 3. The Morgan fingerprint density at radius 2 is 2.00 bits per heavy atom. The first-order chi connectivity index (χ1) is 8.00. The first kappa shape index (κ1) is 13.6. The molecule has 1 rings (SSSR count). The molecule has 1 amide bonds. The number of carboxylic acids is 1. The van der Waals surface area contributed by atoms with Crippen LogP contribution in [0.5, 0.6) is 0 Å². The Hall–Kier alpha value is -1.49. The van der Waals surface area contributed by atoms with Gasteiger partial charge >= 0.3 is 5.97 Å². The molecular formula is C12H15NO3S. The van der Waals surface area contributed by atoms with E-state index in [2.05, 4.69) is 5.32 Å². The van der Waals surface area contributed by atoms with Gasteiger partial charge in [0.1, 0.15) is 6.54 Å². The van der Waals surface area contributed by atoms with E-state index in [4.69, 9.17) is 5.11 Å². The third-order valence-electron chi connectivity index (χ3n) is 1.89. The third kappa shape index (κ3) is 4.48. The predicted molar refractivity (Wildman–Crippen MR) is 67.4 cm³/mol. The van der Waals surface area contributed by atoms with E-state index in [1.165, 1.54) is 0 Å². The van der Waals surface area contributed by atoms with Crippen LogP contribution in [0.3, 0.4) is 0 Å². The predicted octanol–water partition coefficient (Wildman–Crippen LogP) is 2.00. The van der Waals surface area contributed by atoms with E-state index >= 15 is 0 Å². The number of amides is 1. The molecular weight excluding hydrogens is 238 g/mol. The van der Waals surface area contributed by atoms with Gasteiger partial charge in [0.05, 0.1) is 5.56 Å². The van der Waals surface area contributed by atoms with E-state index in [0.717, 1.165) is 4.90 Å². The molecule has 0 aromatic heterocycles. The highest BCUT2D eigenvalue weighted by molar-refractivity contribution is 8.00. The molecule has 0 bridgehead atoms. The molecule has 1 aromatic carbocycles. The van der Waals surface area contributed by atoms with Crippen molar-refractivity contribution < 1.29 is 14.7 Å². The van der Waals surface area contributed by atoms with E-state index in [9.17, 15) is 9.59 Å². The first-order valence-electron chi connectivity index (χ1n) is 5.26. The number of hydrogen-bond donors (Lipinski definition) is 2. The van der Waals surface area contributed by atoms with Crippen molar-refractivity contribution >= 4 is 23.6 Å². The van der Waals surface area contributed by atoms with Crippen molar-refractivity contribution in [2.45, 2.75) is 24.0 Å². The van der Waals surface area contributed by atoms with Crippen LogP contribution < -0.4 is 5.32 Å². The van der Waals surface area contributed by atoms with Gasteiger partial charge in [-0.15, -0.1) is 11.8 Å². The molecule has 0 radical (unpaired) electrons. The quantitative estimate of drug-likeness (QED) is 0.788. The zero-order valence-corrected chi connectivity index (χ0v) is 10.6. The van der Waals surface area contributed by atoms with Crippen LogP contribution in [0.4, 0.5) is 0 Å². The molecule has 0 aliphatic carbocycles. The average Bonchev–Trinajstić information content (AvgIpc) is 2.25. The van der Waals surface area contributed by atoms with Crippen LogP contribution in [-0.4, -0.2) is 28.8 Å². The molecule has 0 unspecified atom stereocenters. The lowest BCUT2D eigenvalue weighted by molar-refractivity contribution is -0.135. The summed E-state index contributed by atoms with van der Waals surface area (Å²) < 4.78 is 0. The van der Waals surface area contributed by atoms with Gasteiger partial charge < -0.3 is 10.4 Å². The fourth-order valence-electron chi connectivity index (χ4n) is 1.26. The molecule has 0 fully saturated rings. The Kier molecular flexibility index (Phi) is 5.03. The van der Waals surface area contributed by atoms with Gasteiger partial charge in [0, 0.05) is 10.1 Å². The van der Waals surface area contributed by atoms with Crippen LogP contribution >= 0.6 is 11.8 Å². The number of carbonyl (C=O) groups excluding carboxylic acids is 1. The highest BCUT2D eigenvalue weighted by Gasteiger charge is 2.12. The van der Waals surface area contributed by atoms with Crippen LogP contribution in [0.25, 0.3) is 0 Å². The Labute approximate surface area is 104 Å². The largest absolute Gasteiger partial charge is 0.480 e. The molecule has 5 heteroatoms. The van der Waals surface area contributed by atoms with Crippen LogP contribution in [0.15, 0.2) is 29.2 Å². The zero-order valence-electron chi connectivity index (χ0n) is 9.77. The number of thioether (sulfide) groups is 1. The Morgan fingerprint density at radius 3 is 2.59 bits per heavy atom. The maximum atomic E-state index is 11.8. The standard InChI is InChI=1S/C12H15NO3S/c1-8(2)17-10-6-4-3-5-9(10)12(16)13-7-11(14)15/h3-6,8H,7H2,1-2H3,(H,13,16)(H,14,15). The summed E-state index contributed by atoms with van der Waals surface area (Å²) in [7, 11) is 0. The van der Waals surface area contributed by atoms with Crippen LogP contribution in [0, 0.1) is 0 Å². The minimum absolute atomic E-state index is 0.351. The molecule has 0 aliphatic rings. The first-order valence-corrected chi connectivity index (χ1v) is 6.14. The van der Waals surface area contributed by atoms with Crippen LogP contribution in [0.1, 0.15) is 24.2 Å². The fraction of sp³-hybridized carbons (Fsp3) is 0.333. The smallest absolute Gasteiger partial charge is 0.322 e. The number of rotatable bonds is 5. The fourth-order valence-corrected chi connectivity index (χ4v) is 2.21. The summed E-state index contributed by atoms with van der Waals surface area (Å²) in [6.45, 7) is 3.71. The van der Waals surface area contributed by atoms with Crippen molar-refractivity contribution in [3.8, 4) is 0 Å². The minimum atomic E-state index is -1.05. The second kappa shape index (κ2) is 6.30. The molecule has 0 atom stereocenters. The average molecular weight is 253 g/mol. The van der Waals surface area contributed by atoms with Crippen LogP contribution in [0.2, 0.25) is 0 Å². The van der Waals surface area contributed by atoms with E-state index in [-0.39, 0.29) is 12.5 Å². The maximum Gasteiger partial charge on any atom is 0.322 e. The lowest BCUT2D eigenvalue weighted by Crippen LogP contribution is -2.29. The summed E-state index contributed by atoms with van der Waals surface area (Å²) in [5.74, 6) is -1.40. The summed E-state index contributed by atoms with van der Waals surface area (Å²) in [4.78, 5) is 23.0. The SMILES string of the molecule is CC(C)Sc1ccccc1C(=O)NCC(=O)O. The van der Waals surface area contributed by atoms with E-state index < -0.39 is 5.97 Å². The monoisotopic (exact) mass is 253 g/mol. The summed E-state index contributed by atoms with van der Waals surface area (Å²) >= 11 is 1.58. The van der Waals surface area contributed by atoms with Crippen molar-refractivity contribution in [2.75, 3.05) is 6.54 Å². The lowest BCUT2D eigenvalue weighted by atomic mass is 10.2. The Bertz CT molecular complexity index is 418. The van der Waals surface area contributed by atoms with E-state index in [1.54, 1.807) is 23.9 Å². The van der Waals surface area contributed by atoms with Gasteiger partial charge in [-0.1, -0.05) is 26.0 Å². The second-order valence-corrected chi connectivity index (χ2v) is 5.36. The Balaban J connectivity index is 2.81. The molecule has 0 saturated heterocycles. The minimum Gasteiger partial charge on any atom is -0.480 e. The molecule has 0 aliphatic heterocycles. The van der Waals surface area contributed by atoms with Gasteiger partial charge in [0.25, 0.3) is 5.91 Å². The summed E-state index contributed by atoms with van der Waals surface area (Å²) in [5.41, 5.74) is 0.521. The number of carbonyl (C=O) groups is 2. The highest BCUT2D eigenvalue weighted by atomic mass is 32.2. The Morgan fingerprint density at radius 1 is 1.35 bits per heavy atom. The van der Waals surface area contributed by atoms with Gasteiger partial charge in [0.2, 0.25) is 0 Å². The highest BCUT2D eigenvalue weighted by Crippen LogP contribution is 2.26. The number of nitrogens with one attached hydrogen (secondary N) is 1. The maximum absolute atomic E-state index is 11.8. The molecule has 1 aromatic rings. The van der Waals surface area contributed by atoms with Gasteiger partial charge in [0.15, 0.2) is 0 Å². The molecule has 92 valence electrons. The molecule has 17 heavy (non-hydrogen) atoms. The normalized spacial score (nSPS) is 10.3. The zero-order chi connectivity index (χ0) is 12.8. The molecule has 2 N–H and O–H groups in total. The van der Waals surface area contributed by atoms with Crippen molar-refractivity contribution in [3.63, 3.8) is 0 Å². The van der Waals surface area contributed by atoms with E-state index in [1.807, 2.05) is 26.0 Å². The summed E-state index contributed by atoms with van der Waals surface area (Å²) in [5, 5.41) is 11.2. The molecule has 0 heterocycles.